The number of aromatic nitrogens is 3. The summed E-state index contributed by atoms with van der Waals surface area (Å²) >= 11 is 8.43. The zero-order valence-corrected chi connectivity index (χ0v) is 24.0. The van der Waals surface area contributed by atoms with Gasteiger partial charge in [0, 0.05) is 17.4 Å². The number of halogens is 1. The van der Waals surface area contributed by atoms with Crippen molar-refractivity contribution in [2.45, 2.75) is 37.9 Å². The van der Waals surface area contributed by atoms with Crippen LogP contribution in [0.3, 0.4) is 0 Å². The fraction of sp³-hybridized carbons (Fsp3) is 0.292. The summed E-state index contributed by atoms with van der Waals surface area (Å²) in [7, 11) is 0. The van der Waals surface area contributed by atoms with E-state index in [1.54, 1.807) is 0 Å². The fourth-order valence-electron chi connectivity index (χ4n) is 4.54. The number of allylic oxidation sites excluding steroid dienone is 1. The van der Waals surface area contributed by atoms with Crippen molar-refractivity contribution in [2.24, 2.45) is 5.16 Å². The highest BCUT2D eigenvalue weighted by atomic mass is 35.5. The number of nitrogen functional groups attached to an aromatic ring is 2. The fourth-order valence-corrected chi connectivity index (χ4v) is 6.82. The van der Waals surface area contributed by atoms with Gasteiger partial charge >= 0.3 is 5.97 Å². The van der Waals surface area contributed by atoms with Crippen LogP contribution in [-0.2, 0) is 30.6 Å². The highest BCUT2D eigenvalue weighted by molar-refractivity contribution is 8.00. The maximum Gasteiger partial charge on any atom is 0.347 e. The van der Waals surface area contributed by atoms with Crippen LogP contribution in [0.15, 0.2) is 34.8 Å². The van der Waals surface area contributed by atoms with E-state index in [1.165, 1.54) is 23.6 Å². The van der Waals surface area contributed by atoms with Crippen molar-refractivity contribution in [1.82, 2.24) is 20.2 Å². The monoisotopic (exact) mass is 619 g/mol. The number of hydrogen-bond acceptors (Lipinski definition) is 11. The van der Waals surface area contributed by atoms with Crippen molar-refractivity contribution in [2.75, 3.05) is 17.2 Å². The van der Waals surface area contributed by atoms with Crippen LogP contribution < -0.4 is 21.4 Å². The summed E-state index contributed by atoms with van der Waals surface area (Å²) in [4.78, 5) is 63.2. The van der Waals surface area contributed by atoms with Gasteiger partial charge in [-0.05, 0) is 19.9 Å². The minimum atomic E-state index is -1.38. The number of thiazole rings is 1. The van der Waals surface area contributed by atoms with Crippen LogP contribution in [0.1, 0.15) is 18.2 Å². The molecule has 5 heterocycles. The number of nitrogens with two attached hydrogens (primary N) is 2. The summed E-state index contributed by atoms with van der Waals surface area (Å²) in [5, 5.41) is 14.8. The first-order valence-electron chi connectivity index (χ1n) is 12.1. The van der Waals surface area contributed by atoms with Crippen LogP contribution in [-0.4, -0.2) is 73.0 Å². The molecule has 14 nitrogen and oxygen atoms in total. The number of fused-ring (bicyclic) bond motifs is 2. The minimum absolute atomic E-state index is 0.0272. The SMILES string of the molecule is Cc1c(N)[nH]c2ccc[n+](CC3=C(C=O)N4C(=O)C(NC(=O)/C(=N\O[C@@H](C)C(=O)O)c5nc(N)sc5Cl)C4SC3)c12. The summed E-state index contributed by atoms with van der Waals surface area (Å²) in [6.45, 7) is 3.47. The van der Waals surface area contributed by atoms with E-state index in [1.807, 2.05) is 29.8 Å². The molecule has 0 spiro atoms. The number of nitrogens with one attached hydrogen (secondary N) is 2. The van der Waals surface area contributed by atoms with E-state index in [0.29, 0.717) is 24.4 Å². The number of carboxylic acid groups (broad SMARTS) is 1. The number of aryl methyl sites for hydroxylation is 1. The topological polar surface area (TPSA) is 210 Å². The highest BCUT2D eigenvalue weighted by Gasteiger charge is 2.53. The van der Waals surface area contributed by atoms with Gasteiger partial charge in [-0.15, -0.1) is 11.8 Å². The number of aromatic amines is 1. The number of aldehydes is 1. The van der Waals surface area contributed by atoms with E-state index < -0.39 is 41.0 Å². The van der Waals surface area contributed by atoms with Crippen LogP contribution in [0, 0.1) is 6.92 Å². The maximum atomic E-state index is 13.2. The molecule has 7 N–H and O–H groups in total. The number of nitrogens with zero attached hydrogens (tertiary/aromatic N) is 4. The number of amides is 2. The molecule has 17 heteroatoms. The molecule has 3 aromatic heterocycles. The second kappa shape index (κ2) is 11.0. The van der Waals surface area contributed by atoms with Gasteiger partial charge in [0.15, 0.2) is 29.9 Å². The number of β-lactam (4-membered cyclic amide) rings is 1. The van der Waals surface area contributed by atoms with Gasteiger partial charge in [-0.2, -0.15) is 4.57 Å². The van der Waals surface area contributed by atoms with Gasteiger partial charge < -0.3 is 31.7 Å². The largest absolute Gasteiger partial charge is 0.478 e. The average molecular weight is 620 g/mol. The Bertz CT molecular complexity index is 1670. The molecular weight excluding hydrogens is 596 g/mol. The number of pyridine rings is 1. The maximum absolute atomic E-state index is 13.2. The highest BCUT2D eigenvalue weighted by Crippen LogP contribution is 2.40. The molecule has 2 aliphatic rings. The molecule has 1 fully saturated rings. The molecule has 5 rings (SSSR count). The van der Waals surface area contributed by atoms with Gasteiger partial charge in [0.1, 0.15) is 32.8 Å². The summed E-state index contributed by atoms with van der Waals surface area (Å²) in [6.07, 6.45) is 1.14. The number of thioether (sulfide) groups is 1. The second-order valence-electron chi connectivity index (χ2n) is 9.23. The molecule has 41 heavy (non-hydrogen) atoms. The van der Waals surface area contributed by atoms with Crippen molar-refractivity contribution in [3.8, 4) is 0 Å². The predicted molar refractivity (Wildman–Crippen MR) is 152 cm³/mol. The standard InChI is InChI=1S/C24H23ClN8O6S2/c1-9-17-12(28-19(9)26)4-3-5-32(17)6-11-8-40-22-16(21(36)33(22)13(11)7-34)29-20(35)15(31-39-10(2)23(37)38)14-18(25)41-24(27)30-14/h3-5,7,10,16,22H,6,8H2,1-2H3,(H6,26,27,28,29,30,35,37,38)/p+1/b31-15-/t10-,16?,22?/m0/s1. The quantitative estimate of drug-likeness (QED) is 0.0747. The smallest absolute Gasteiger partial charge is 0.347 e. The third-order valence-corrected chi connectivity index (χ3v) is 9.07. The molecule has 1 saturated heterocycles. The van der Waals surface area contributed by atoms with E-state index in [9.17, 15) is 19.2 Å². The number of hydrogen-bond donors (Lipinski definition) is 5. The van der Waals surface area contributed by atoms with Gasteiger partial charge in [0.25, 0.3) is 11.8 Å². The third-order valence-electron chi connectivity index (χ3n) is 6.64. The lowest BCUT2D eigenvalue weighted by molar-refractivity contribution is -0.663. The van der Waals surface area contributed by atoms with E-state index in [4.69, 9.17) is 33.0 Å². The first kappa shape index (κ1) is 28.4. The van der Waals surface area contributed by atoms with E-state index in [2.05, 4.69) is 20.4 Å². The number of rotatable bonds is 9. The summed E-state index contributed by atoms with van der Waals surface area (Å²) in [5.74, 6) is -1.71. The zero-order chi connectivity index (χ0) is 29.6. The first-order chi connectivity index (χ1) is 19.5. The van der Waals surface area contributed by atoms with Crippen molar-refractivity contribution in [3.05, 3.63) is 45.2 Å². The Morgan fingerprint density at radius 3 is 2.88 bits per heavy atom. The molecule has 3 aromatic rings. The number of H-pyrrole nitrogens is 1. The number of carbonyl (C=O) groups is 4. The first-order valence-corrected chi connectivity index (χ1v) is 14.3. The molecule has 2 aliphatic heterocycles. The van der Waals surface area contributed by atoms with E-state index in [-0.39, 0.29) is 20.9 Å². The van der Waals surface area contributed by atoms with E-state index in [0.717, 1.165) is 33.5 Å². The lowest BCUT2D eigenvalue weighted by Gasteiger charge is -2.49. The number of carbonyl (C=O) groups excluding carboxylic acids is 3. The Labute approximate surface area is 245 Å². The van der Waals surface area contributed by atoms with Crippen molar-refractivity contribution < 1.29 is 33.7 Å². The minimum Gasteiger partial charge on any atom is -0.478 e. The number of oxime groups is 1. The number of anilines is 2. The number of aliphatic carboxylic acids is 1. The Hall–Kier alpha value is -4.15. The van der Waals surface area contributed by atoms with Crippen LogP contribution in [0.4, 0.5) is 10.9 Å². The molecule has 0 bridgehead atoms. The Balaban J connectivity index is 1.38. The molecule has 0 aromatic carbocycles. The molecule has 3 atom stereocenters. The van der Waals surface area contributed by atoms with Crippen LogP contribution in [0.2, 0.25) is 4.34 Å². The zero-order valence-electron chi connectivity index (χ0n) is 21.6. The van der Waals surface area contributed by atoms with Gasteiger partial charge in [-0.3, -0.25) is 19.3 Å². The number of carboxylic acids is 1. The Morgan fingerprint density at radius 1 is 1.46 bits per heavy atom. The second-order valence-corrected chi connectivity index (χ2v) is 12.0. The molecule has 2 amide bonds. The lowest BCUT2D eigenvalue weighted by Crippen LogP contribution is -2.70. The summed E-state index contributed by atoms with van der Waals surface area (Å²) < 4.78 is 1.99. The normalized spacial score (nSPS) is 19.5. The van der Waals surface area contributed by atoms with Gasteiger partial charge in [-0.25, -0.2) is 9.78 Å². The van der Waals surface area contributed by atoms with Crippen molar-refractivity contribution in [3.63, 3.8) is 0 Å². The van der Waals surface area contributed by atoms with Crippen LogP contribution in [0.5, 0.6) is 0 Å². The van der Waals surface area contributed by atoms with Gasteiger partial charge in [-0.1, -0.05) is 28.1 Å². The molecule has 214 valence electrons. The van der Waals surface area contributed by atoms with Crippen LogP contribution >= 0.6 is 34.7 Å². The lowest BCUT2D eigenvalue weighted by atomic mass is 10.0. The van der Waals surface area contributed by atoms with Crippen molar-refractivity contribution >= 4 is 86.5 Å². The molecule has 0 aliphatic carbocycles. The predicted octanol–water partition coefficient (Wildman–Crippen LogP) is 0.785. The third kappa shape index (κ3) is 5.09. The summed E-state index contributed by atoms with van der Waals surface area (Å²) in [6, 6.07) is 2.77. The van der Waals surface area contributed by atoms with E-state index >= 15 is 0 Å². The molecule has 0 saturated carbocycles. The van der Waals surface area contributed by atoms with Crippen LogP contribution in [0.25, 0.3) is 11.0 Å². The average Bonchev–Trinajstić information content (AvgIpc) is 3.43. The van der Waals surface area contributed by atoms with Gasteiger partial charge in [0.2, 0.25) is 11.6 Å². The summed E-state index contributed by atoms with van der Waals surface area (Å²) in [5.41, 5.74) is 14.8. The molecule has 0 radical (unpaired) electrons. The Morgan fingerprint density at radius 2 is 2.22 bits per heavy atom. The van der Waals surface area contributed by atoms with Crippen molar-refractivity contribution in [1.29, 1.82) is 0 Å². The molecular formula is C24H24ClN8O6S2+. The Kier molecular flexibility index (Phi) is 7.63. The van der Waals surface area contributed by atoms with Gasteiger partial charge in [0.05, 0.1) is 11.3 Å². The molecule has 2 unspecified atom stereocenters.